The third kappa shape index (κ3) is 4.25. The molecule has 100 valence electrons. The van der Waals surface area contributed by atoms with Gasteiger partial charge < -0.3 is 9.88 Å². The standard InChI is InChI=1S/C15H19N3O/c1-13-5-2-3-6-14(13)11-15(19)17-7-4-9-18-10-8-16-12-18/h2-3,5-6,8,10,12H,4,7,9,11H2,1H3,(H,17,19). The highest BCUT2D eigenvalue weighted by Gasteiger charge is 2.04. The lowest BCUT2D eigenvalue weighted by Gasteiger charge is -2.07. The van der Waals surface area contributed by atoms with Crippen LogP contribution in [0.15, 0.2) is 43.0 Å². The van der Waals surface area contributed by atoms with Crippen molar-refractivity contribution in [3.63, 3.8) is 0 Å². The zero-order valence-electron chi connectivity index (χ0n) is 11.2. The molecule has 0 fully saturated rings. The third-order valence-electron chi connectivity index (χ3n) is 3.09. The normalized spacial score (nSPS) is 10.4. The molecule has 2 rings (SSSR count). The first kappa shape index (κ1) is 13.3. The number of imidazole rings is 1. The van der Waals surface area contributed by atoms with Gasteiger partial charge in [-0.2, -0.15) is 0 Å². The Morgan fingerprint density at radius 2 is 2.21 bits per heavy atom. The Balaban J connectivity index is 1.69. The number of nitrogens with zero attached hydrogens (tertiary/aromatic N) is 2. The van der Waals surface area contributed by atoms with E-state index >= 15 is 0 Å². The van der Waals surface area contributed by atoms with E-state index in [1.165, 1.54) is 0 Å². The summed E-state index contributed by atoms with van der Waals surface area (Å²) in [5.41, 5.74) is 2.26. The van der Waals surface area contributed by atoms with Gasteiger partial charge in [-0.1, -0.05) is 24.3 Å². The second-order valence-corrected chi connectivity index (χ2v) is 4.61. The van der Waals surface area contributed by atoms with Crippen molar-refractivity contribution in [3.8, 4) is 0 Å². The highest BCUT2D eigenvalue weighted by atomic mass is 16.1. The molecule has 2 aromatic rings. The van der Waals surface area contributed by atoms with Crippen molar-refractivity contribution in [1.29, 1.82) is 0 Å². The first-order chi connectivity index (χ1) is 9.25. The Morgan fingerprint density at radius 3 is 2.95 bits per heavy atom. The molecule has 0 saturated heterocycles. The van der Waals surface area contributed by atoms with E-state index in [1.807, 2.05) is 42.0 Å². The van der Waals surface area contributed by atoms with Gasteiger partial charge in [0.2, 0.25) is 5.91 Å². The molecular weight excluding hydrogens is 238 g/mol. The SMILES string of the molecule is Cc1ccccc1CC(=O)NCCCn1ccnc1. The van der Waals surface area contributed by atoms with Gasteiger partial charge >= 0.3 is 0 Å². The van der Waals surface area contributed by atoms with Crippen LogP contribution in [0.5, 0.6) is 0 Å². The highest BCUT2D eigenvalue weighted by Crippen LogP contribution is 2.07. The van der Waals surface area contributed by atoms with Gasteiger partial charge in [0.1, 0.15) is 0 Å². The average Bonchev–Trinajstić information content (AvgIpc) is 2.91. The summed E-state index contributed by atoms with van der Waals surface area (Å²) in [6.07, 6.45) is 6.84. The fraction of sp³-hybridized carbons (Fsp3) is 0.333. The molecule has 0 saturated carbocycles. The van der Waals surface area contributed by atoms with Gasteiger partial charge in [-0.15, -0.1) is 0 Å². The second kappa shape index (κ2) is 6.73. The van der Waals surface area contributed by atoms with Crippen molar-refractivity contribution in [2.24, 2.45) is 0 Å². The number of hydrogen-bond acceptors (Lipinski definition) is 2. The van der Waals surface area contributed by atoms with Crippen LogP contribution in [-0.4, -0.2) is 22.0 Å². The maximum Gasteiger partial charge on any atom is 0.224 e. The van der Waals surface area contributed by atoms with E-state index in [2.05, 4.69) is 10.3 Å². The minimum absolute atomic E-state index is 0.0833. The van der Waals surface area contributed by atoms with Crippen LogP contribution in [0.4, 0.5) is 0 Å². The molecule has 4 nitrogen and oxygen atoms in total. The second-order valence-electron chi connectivity index (χ2n) is 4.61. The van der Waals surface area contributed by atoms with Crippen molar-refractivity contribution in [1.82, 2.24) is 14.9 Å². The smallest absolute Gasteiger partial charge is 0.224 e. The van der Waals surface area contributed by atoms with Gasteiger partial charge in [0.25, 0.3) is 0 Å². The van der Waals surface area contributed by atoms with Gasteiger partial charge in [0.15, 0.2) is 0 Å². The Labute approximate surface area is 113 Å². The first-order valence-corrected chi connectivity index (χ1v) is 6.52. The lowest BCUT2D eigenvalue weighted by Crippen LogP contribution is -2.27. The highest BCUT2D eigenvalue weighted by molar-refractivity contribution is 5.78. The van der Waals surface area contributed by atoms with Gasteiger partial charge in [-0.25, -0.2) is 4.98 Å². The minimum atomic E-state index is 0.0833. The van der Waals surface area contributed by atoms with Crippen LogP contribution in [0.3, 0.4) is 0 Å². The molecule has 1 amide bonds. The zero-order chi connectivity index (χ0) is 13.5. The number of hydrogen-bond donors (Lipinski definition) is 1. The van der Waals surface area contributed by atoms with E-state index in [4.69, 9.17) is 0 Å². The monoisotopic (exact) mass is 257 g/mol. The molecule has 0 spiro atoms. The minimum Gasteiger partial charge on any atom is -0.356 e. The number of rotatable bonds is 6. The Morgan fingerprint density at radius 1 is 1.37 bits per heavy atom. The summed E-state index contributed by atoms with van der Waals surface area (Å²) in [5.74, 6) is 0.0833. The van der Waals surface area contributed by atoms with Crippen molar-refractivity contribution >= 4 is 5.91 Å². The maximum atomic E-state index is 11.8. The molecule has 1 aromatic carbocycles. The molecular formula is C15H19N3O. The lowest BCUT2D eigenvalue weighted by atomic mass is 10.1. The van der Waals surface area contributed by atoms with E-state index in [1.54, 1.807) is 12.5 Å². The van der Waals surface area contributed by atoms with Crippen LogP contribution >= 0.6 is 0 Å². The van der Waals surface area contributed by atoms with Gasteiger partial charge in [0.05, 0.1) is 12.7 Å². The molecule has 0 aliphatic heterocycles. The quantitative estimate of drug-likeness (QED) is 0.804. The number of carbonyl (C=O) groups is 1. The summed E-state index contributed by atoms with van der Waals surface area (Å²) in [5, 5.41) is 2.95. The number of carbonyl (C=O) groups excluding carboxylic acids is 1. The molecule has 0 atom stereocenters. The van der Waals surface area contributed by atoms with Crippen LogP contribution < -0.4 is 5.32 Å². The van der Waals surface area contributed by atoms with Crippen molar-refractivity contribution in [2.45, 2.75) is 26.3 Å². The predicted octanol–water partition coefficient (Wildman–Crippen LogP) is 1.94. The van der Waals surface area contributed by atoms with E-state index in [9.17, 15) is 4.79 Å². The van der Waals surface area contributed by atoms with E-state index in [-0.39, 0.29) is 5.91 Å². The number of aryl methyl sites for hydroxylation is 2. The van der Waals surface area contributed by atoms with Gasteiger partial charge in [-0.3, -0.25) is 4.79 Å². The summed E-state index contributed by atoms with van der Waals surface area (Å²) >= 11 is 0. The molecule has 0 radical (unpaired) electrons. The van der Waals surface area contributed by atoms with Gasteiger partial charge in [0, 0.05) is 25.5 Å². The molecule has 0 aliphatic rings. The number of aromatic nitrogens is 2. The summed E-state index contributed by atoms with van der Waals surface area (Å²) < 4.78 is 2.01. The average molecular weight is 257 g/mol. The largest absolute Gasteiger partial charge is 0.356 e. The van der Waals surface area contributed by atoms with Crippen LogP contribution in [0, 0.1) is 6.92 Å². The number of benzene rings is 1. The van der Waals surface area contributed by atoms with Crippen LogP contribution in [0.2, 0.25) is 0 Å². The van der Waals surface area contributed by atoms with Crippen LogP contribution in [0.25, 0.3) is 0 Å². The lowest BCUT2D eigenvalue weighted by molar-refractivity contribution is -0.120. The maximum absolute atomic E-state index is 11.8. The van der Waals surface area contributed by atoms with Crippen molar-refractivity contribution in [3.05, 3.63) is 54.1 Å². The Hall–Kier alpha value is -2.10. The summed E-state index contributed by atoms with van der Waals surface area (Å²) in [6.45, 7) is 3.61. The van der Waals surface area contributed by atoms with Crippen LogP contribution in [0.1, 0.15) is 17.5 Å². The molecule has 19 heavy (non-hydrogen) atoms. The van der Waals surface area contributed by atoms with E-state index in [0.29, 0.717) is 13.0 Å². The first-order valence-electron chi connectivity index (χ1n) is 6.52. The fourth-order valence-electron chi connectivity index (χ4n) is 1.95. The zero-order valence-corrected chi connectivity index (χ0v) is 11.2. The molecule has 1 aromatic heterocycles. The van der Waals surface area contributed by atoms with E-state index in [0.717, 1.165) is 24.1 Å². The van der Waals surface area contributed by atoms with Crippen molar-refractivity contribution in [2.75, 3.05) is 6.54 Å². The Bertz CT molecular complexity index is 520. The molecule has 1 heterocycles. The summed E-state index contributed by atoms with van der Waals surface area (Å²) in [7, 11) is 0. The van der Waals surface area contributed by atoms with Gasteiger partial charge in [-0.05, 0) is 24.5 Å². The number of amides is 1. The topological polar surface area (TPSA) is 46.9 Å². The van der Waals surface area contributed by atoms with Crippen molar-refractivity contribution < 1.29 is 4.79 Å². The van der Waals surface area contributed by atoms with Crippen LogP contribution in [-0.2, 0) is 17.8 Å². The number of nitrogens with one attached hydrogen (secondary N) is 1. The molecule has 0 bridgehead atoms. The molecule has 1 N–H and O–H groups in total. The molecule has 0 unspecified atom stereocenters. The Kier molecular flexibility index (Phi) is 4.72. The predicted molar refractivity (Wildman–Crippen MR) is 74.7 cm³/mol. The summed E-state index contributed by atoms with van der Waals surface area (Å²) in [4.78, 5) is 15.8. The third-order valence-corrected chi connectivity index (χ3v) is 3.09. The fourth-order valence-corrected chi connectivity index (χ4v) is 1.95. The molecule has 4 heteroatoms. The molecule has 0 aliphatic carbocycles. The summed E-state index contributed by atoms with van der Waals surface area (Å²) in [6, 6.07) is 7.98. The van der Waals surface area contributed by atoms with E-state index < -0.39 is 0 Å².